The zero-order chi connectivity index (χ0) is 12.8. The van der Waals surface area contributed by atoms with Crippen LogP contribution in [0.15, 0.2) is 0 Å². The molecular weight excluding hydrogens is 294 g/mol. The highest BCUT2D eigenvalue weighted by Gasteiger charge is 2.31. The average Bonchev–Trinajstić information content (AvgIpc) is 2.46. The predicted molar refractivity (Wildman–Crippen MR) is 76.0 cm³/mol. The van der Waals surface area contributed by atoms with Gasteiger partial charge in [-0.25, -0.2) is 0 Å². The van der Waals surface area contributed by atoms with Gasteiger partial charge in [-0.15, -0.1) is 0 Å². The van der Waals surface area contributed by atoms with E-state index in [-0.39, 0.29) is 12.0 Å². The molecule has 2 rings (SSSR count). The summed E-state index contributed by atoms with van der Waals surface area (Å²) in [4.78, 5) is 14.7. The van der Waals surface area contributed by atoms with Crippen LogP contribution < -0.4 is 0 Å². The molecule has 1 saturated heterocycles. The fourth-order valence-corrected chi connectivity index (χ4v) is 3.46. The molecule has 1 atom stereocenters. The van der Waals surface area contributed by atoms with Crippen molar-refractivity contribution in [1.82, 2.24) is 4.90 Å². The van der Waals surface area contributed by atoms with Crippen LogP contribution in [0.5, 0.6) is 0 Å². The first-order chi connectivity index (χ1) is 8.83. The molecule has 1 heterocycles. The summed E-state index contributed by atoms with van der Waals surface area (Å²) in [6.45, 7) is 1.58. The molecular formula is C14H24BrNO2. The molecule has 0 spiro atoms. The average molecular weight is 318 g/mol. The monoisotopic (exact) mass is 317 g/mol. The van der Waals surface area contributed by atoms with Crippen LogP contribution in [0.4, 0.5) is 0 Å². The van der Waals surface area contributed by atoms with Crippen LogP contribution in [0.2, 0.25) is 0 Å². The van der Waals surface area contributed by atoms with E-state index in [1.807, 2.05) is 0 Å². The normalized spacial score (nSPS) is 25.9. The van der Waals surface area contributed by atoms with Gasteiger partial charge in [-0.3, -0.25) is 4.79 Å². The third-order valence-electron chi connectivity index (χ3n) is 4.08. The minimum atomic E-state index is -0.167. The first kappa shape index (κ1) is 14.3. The van der Waals surface area contributed by atoms with Crippen molar-refractivity contribution in [2.75, 3.05) is 18.5 Å². The summed E-state index contributed by atoms with van der Waals surface area (Å²) in [6.07, 6.45) is 9.17. The van der Waals surface area contributed by atoms with Crippen LogP contribution in [0.3, 0.4) is 0 Å². The lowest BCUT2D eigenvalue weighted by molar-refractivity contribution is -0.149. The van der Waals surface area contributed by atoms with Crippen molar-refractivity contribution >= 4 is 21.8 Å². The van der Waals surface area contributed by atoms with Crippen LogP contribution in [-0.2, 0) is 9.53 Å². The zero-order valence-electron chi connectivity index (χ0n) is 11.1. The molecule has 0 aromatic heterocycles. The van der Waals surface area contributed by atoms with Crippen molar-refractivity contribution < 1.29 is 9.53 Å². The summed E-state index contributed by atoms with van der Waals surface area (Å²) in [5, 5.41) is 0.863. The van der Waals surface area contributed by atoms with E-state index in [0.29, 0.717) is 6.04 Å². The van der Waals surface area contributed by atoms with Crippen LogP contribution in [0.1, 0.15) is 51.4 Å². The van der Waals surface area contributed by atoms with Gasteiger partial charge in [0.25, 0.3) is 5.91 Å². The Morgan fingerprint density at radius 1 is 1.11 bits per heavy atom. The number of rotatable bonds is 4. The number of amides is 1. The highest BCUT2D eigenvalue weighted by molar-refractivity contribution is 9.09. The number of carbonyl (C=O) groups excluding carboxylic acids is 1. The van der Waals surface area contributed by atoms with Crippen LogP contribution in [0, 0.1) is 0 Å². The number of halogens is 1. The van der Waals surface area contributed by atoms with E-state index < -0.39 is 0 Å². The lowest BCUT2D eigenvalue weighted by Crippen LogP contribution is -2.48. The van der Waals surface area contributed by atoms with E-state index in [1.165, 1.54) is 32.1 Å². The lowest BCUT2D eigenvalue weighted by Gasteiger charge is -2.37. The molecule has 1 amide bonds. The van der Waals surface area contributed by atoms with E-state index in [0.717, 1.165) is 37.7 Å². The summed E-state index contributed by atoms with van der Waals surface area (Å²) >= 11 is 3.47. The number of hydrogen-bond donors (Lipinski definition) is 0. The van der Waals surface area contributed by atoms with Crippen molar-refractivity contribution in [1.29, 1.82) is 0 Å². The molecule has 1 aliphatic carbocycles. The Morgan fingerprint density at radius 2 is 1.83 bits per heavy atom. The number of hydrogen-bond acceptors (Lipinski definition) is 2. The lowest BCUT2D eigenvalue weighted by atomic mass is 9.93. The van der Waals surface area contributed by atoms with E-state index in [1.54, 1.807) is 0 Å². The van der Waals surface area contributed by atoms with Crippen LogP contribution in [0.25, 0.3) is 0 Å². The Balaban J connectivity index is 1.96. The van der Waals surface area contributed by atoms with Gasteiger partial charge in [0.2, 0.25) is 0 Å². The molecule has 1 saturated carbocycles. The van der Waals surface area contributed by atoms with Gasteiger partial charge in [0.05, 0.1) is 0 Å². The fraction of sp³-hybridized carbons (Fsp3) is 0.929. The van der Waals surface area contributed by atoms with Gasteiger partial charge in [-0.05, 0) is 32.1 Å². The molecule has 3 nitrogen and oxygen atoms in total. The van der Waals surface area contributed by atoms with Crippen molar-refractivity contribution in [3.8, 4) is 0 Å². The molecule has 18 heavy (non-hydrogen) atoms. The summed E-state index contributed by atoms with van der Waals surface area (Å²) in [5.41, 5.74) is 0. The van der Waals surface area contributed by atoms with E-state index in [4.69, 9.17) is 4.74 Å². The van der Waals surface area contributed by atoms with Gasteiger partial charge in [-0.1, -0.05) is 35.2 Å². The molecule has 0 bridgehead atoms. The topological polar surface area (TPSA) is 29.5 Å². The molecule has 2 aliphatic rings. The second kappa shape index (κ2) is 7.49. The minimum Gasteiger partial charge on any atom is -0.368 e. The van der Waals surface area contributed by atoms with Crippen molar-refractivity contribution in [2.45, 2.75) is 63.5 Å². The Bertz CT molecular complexity index is 261. The molecule has 2 fully saturated rings. The van der Waals surface area contributed by atoms with Gasteiger partial charge in [0.1, 0.15) is 6.10 Å². The molecule has 0 N–H and O–H groups in total. The maximum Gasteiger partial charge on any atom is 0.251 e. The molecule has 4 heteroatoms. The Morgan fingerprint density at radius 3 is 2.44 bits per heavy atom. The predicted octanol–water partition coefficient (Wildman–Crippen LogP) is 3.11. The molecule has 0 aromatic rings. The van der Waals surface area contributed by atoms with Gasteiger partial charge < -0.3 is 9.64 Å². The molecule has 0 radical (unpaired) electrons. The summed E-state index contributed by atoms with van der Waals surface area (Å²) < 4.78 is 5.65. The number of alkyl halides is 1. The van der Waals surface area contributed by atoms with Crippen molar-refractivity contribution in [2.24, 2.45) is 0 Å². The molecule has 1 aliphatic heterocycles. The van der Waals surface area contributed by atoms with Crippen molar-refractivity contribution in [3.05, 3.63) is 0 Å². The number of nitrogens with zero attached hydrogens (tertiary/aromatic N) is 1. The van der Waals surface area contributed by atoms with Crippen LogP contribution >= 0.6 is 15.9 Å². The highest BCUT2D eigenvalue weighted by Crippen LogP contribution is 2.25. The van der Waals surface area contributed by atoms with Crippen LogP contribution in [-0.4, -0.2) is 41.4 Å². The van der Waals surface area contributed by atoms with Gasteiger partial charge in [-0.2, -0.15) is 0 Å². The SMILES string of the molecule is O=C(C1CCCCO1)N(CCBr)C1CCCCC1. The summed E-state index contributed by atoms with van der Waals surface area (Å²) in [6, 6.07) is 0.453. The summed E-state index contributed by atoms with van der Waals surface area (Å²) in [7, 11) is 0. The molecule has 1 unspecified atom stereocenters. The Labute approximate surface area is 118 Å². The molecule has 104 valence electrons. The number of carbonyl (C=O) groups is 1. The van der Waals surface area contributed by atoms with Gasteiger partial charge in [0.15, 0.2) is 0 Å². The zero-order valence-corrected chi connectivity index (χ0v) is 12.7. The second-order valence-corrected chi connectivity index (χ2v) is 6.16. The van der Waals surface area contributed by atoms with E-state index in [2.05, 4.69) is 20.8 Å². The van der Waals surface area contributed by atoms with Gasteiger partial charge >= 0.3 is 0 Å². The summed E-state index contributed by atoms with van der Waals surface area (Å²) in [5.74, 6) is 0.237. The Kier molecular flexibility index (Phi) is 5.96. The molecule has 0 aromatic carbocycles. The fourth-order valence-electron chi connectivity index (χ4n) is 3.08. The first-order valence-electron chi connectivity index (χ1n) is 7.31. The highest BCUT2D eigenvalue weighted by atomic mass is 79.9. The third-order valence-corrected chi connectivity index (χ3v) is 4.43. The smallest absolute Gasteiger partial charge is 0.251 e. The first-order valence-corrected chi connectivity index (χ1v) is 8.43. The Hall–Kier alpha value is -0.0900. The maximum atomic E-state index is 12.6. The second-order valence-electron chi connectivity index (χ2n) is 5.37. The van der Waals surface area contributed by atoms with E-state index >= 15 is 0 Å². The minimum absolute atomic E-state index is 0.167. The van der Waals surface area contributed by atoms with Crippen molar-refractivity contribution in [3.63, 3.8) is 0 Å². The standard InChI is InChI=1S/C14H24BrNO2/c15-9-10-16(12-6-2-1-3-7-12)14(17)13-8-4-5-11-18-13/h12-13H,1-11H2. The third kappa shape index (κ3) is 3.70. The number of ether oxygens (including phenoxy) is 1. The quantitative estimate of drug-likeness (QED) is 0.746. The van der Waals surface area contributed by atoms with E-state index in [9.17, 15) is 4.79 Å². The van der Waals surface area contributed by atoms with Gasteiger partial charge in [0, 0.05) is 24.5 Å². The largest absolute Gasteiger partial charge is 0.368 e. The maximum absolute atomic E-state index is 12.6.